The molecule has 2 N–H and O–H groups in total. The van der Waals surface area contributed by atoms with Crippen LogP contribution in [0.2, 0.25) is 0 Å². The first-order valence-electron chi connectivity index (χ1n) is 9.13. The van der Waals surface area contributed by atoms with Crippen LogP contribution in [-0.4, -0.2) is 28.7 Å². The third kappa shape index (κ3) is 2.51. The molecule has 0 aliphatic heterocycles. The maximum absolute atomic E-state index is 12.9. The van der Waals surface area contributed by atoms with Crippen molar-refractivity contribution in [3.05, 3.63) is 12.7 Å². The van der Waals surface area contributed by atoms with E-state index in [2.05, 4.69) is 27.4 Å². The van der Waals surface area contributed by atoms with Crippen molar-refractivity contribution in [2.75, 3.05) is 6.61 Å². The van der Waals surface area contributed by atoms with E-state index in [9.17, 15) is 15.0 Å². The number of hydrogen-bond acceptors (Lipinski definition) is 3. The number of aliphatic hydroxyl groups excluding tert-OH is 2. The molecule has 3 aliphatic carbocycles. The van der Waals surface area contributed by atoms with Gasteiger partial charge in [0.25, 0.3) is 0 Å². The lowest BCUT2D eigenvalue weighted by Gasteiger charge is -2.62. The molecular weight excluding hydrogens is 288 g/mol. The first kappa shape index (κ1) is 17.2. The Labute approximate surface area is 140 Å². The van der Waals surface area contributed by atoms with Gasteiger partial charge < -0.3 is 10.2 Å². The van der Waals surface area contributed by atoms with Gasteiger partial charge in [0.15, 0.2) is 0 Å². The quantitative estimate of drug-likeness (QED) is 0.767. The van der Waals surface area contributed by atoms with Crippen molar-refractivity contribution in [3.8, 4) is 0 Å². The molecule has 3 aliphatic rings. The van der Waals surface area contributed by atoms with Crippen LogP contribution in [0.1, 0.15) is 59.3 Å². The molecule has 7 atom stereocenters. The number of carbonyl (C=O) groups is 1. The maximum Gasteiger partial charge on any atom is 0.136 e. The zero-order valence-corrected chi connectivity index (χ0v) is 14.8. The van der Waals surface area contributed by atoms with E-state index >= 15 is 0 Å². The Kier molecular flexibility index (Phi) is 4.04. The fourth-order valence-corrected chi connectivity index (χ4v) is 6.36. The van der Waals surface area contributed by atoms with Crippen molar-refractivity contribution in [2.45, 2.75) is 65.4 Å². The van der Waals surface area contributed by atoms with Gasteiger partial charge in [-0.1, -0.05) is 26.8 Å². The molecule has 3 heteroatoms. The van der Waals surface area contributed by atoms with Gasteiger partial charge in [-0.25, -0.2) is 0 Å². The van der Waals surface area contributed by atoms with Crippen LogP contribution in [-0.2, 0) is 4.79 Å². The second-order valence-corrected chi connectivity index (χ2v) is 9.42. The molecule has 0 heterocycles. The van der Waals surface area contributed by atoms with Crippen molar-refractivity contribution >= 4 is 5.78 Å². The third-order valence-corrected chi connectivity index (χ3v) is 7.73. The van der Waals surface area contributed by atoms with Crippen molar-refractivity contribution in [3.63, 3.8) is 0 Å². The van der Waals surface area contributed by atoms with E-state index in [1.54, 1.807) is 0 Å². The van der Waals surface area contributed by atoms with E-state index in [-0.39, 0.29) is 40.8 Å². The minimum Gasteiger partial charge on any atom is -0.396 e. The summed E-state index contributed by atoms with van der Waals surface area (Å²) in [5.74, 6) is 0.996. The Bertz CT molecular complexity index is 515. The molecule has 3 saturated carbocycles. The van der Waals surface area contributed by atoms with Gasteiger partial charge in [-0.15, -0.1) is 6.58 Å². The van der Waals surface area contributed by atoms with Crippen molar-refractivity contribution in [2.24, 2.45) is 34.0 Å². The Morgan fingerprint density at radius 2 is 1.96 bits per heavy atom. The lowest BCUT2D eigenvalue weighted by Crippen LogP contribution is -2.60. The van der Waals surface area contributed by atoms with Crippen LogP contribution in [0.15, 0.2) is 12.7 Å². The summed E-state index contributed by atoms with van der Waals surface area (Å²) in [5.41, 5.74) is -0.323. The highest BCUT2D eigenvalue weighted by molar-refractivity contribution is 5.83. The molecule has 0 spiro atoms. The number of aliphatic hydroxyl groups is 2. The van der Waals surface area contributed by atoms with E-state index < -0.39 is 0 Å². The summed E-state index contributed by atoms with van der Waals surface area (Å²) in [4.78, 5) is 12.9. The highest BCUT2D eigenvalue weighted by Crippen LogP contribution is 2.64. The van der Waals surface area contributed by atoms with Gasteiger partial charge in [0.2, 0.25) is 0 Å². The van der Waals surface area contributed by atoms with Crippen LogP contribution in [0, 0.1) is 34.0 Å². The highest BCUT2D eigenvalue weighted by atomic mass is 16.3. The van der Waals surface area contributed by atoms with E-state index in [4.69, 9.17) is 0 Å². The van der Waals surface area contributed by atoms with Gasteiger partial charge in [-0.3, -0.25) is 4.79 Å². The van der Waals surface area contributed by atoms with E-state index in [1.165, 1.54) is 0 Å². The number of ketones is 1. The van der Waals surface area contributed by atoms with Gasteiger partial charge in [-0.05, 0) is 60.2 Å². The number of allylic oxidation sites excluding steroid dienone is 1. The average molecular weight is 320 g/mol. The average Bonchev–Trinajstić information content (AvgIpc) is 2.49. The van der Waals surface area contributed by atoms with Gasteiger partial charge in [0.1, 0.15) is 5.78 Å². The maximum atomic E-state index is 12.9. The molecular formula is C20H32O3. The lowest BCUT2D eigenvalue weighted by atomic mass is 9.42. The van der Waals surface area contributed by atoms with Crippen molar-refractivity contribution in [1.29, 1.82) is 0 Å². The van der Waals surface area contributed by atoms with Gasteiger partial charge >= 0.3 is 0 Å². The first-order chi connectivity index (χ1) is 10.7. The molecule has 0 unspecified atom stereocenters. The summed E-state index contributed by atoms with van der Waals surface area (Å²) in [7, 11) is 0. The Hall–Kier alpha value is -0.670. The fraction of sp³-hybridized carbons (Fsp3) is 0.850. The zero-order valence-electron chi connectivity index (χ0n) is 14.8. The number of fused-ring (bicyclic) bond motifs is 3. The standard InChI is InChI=1S/C20H32O3/c1-5-18(2)7-6-15-14(11-18)16(23)8-17-19(3,12-21)9-13(22)10-20(15,17)4/h5,13-15,17,21-22H,1,6-12H2,2-4H3/t13-,14+,15+,17+,18-,19-,20+/m1/s1. The lowest BCUT2D eigenvalue weighted by molar-refractivity contribution is -0.177. The van der Waals surface area contributed by atoms with E-state index in [0.29, 0.717) is 24.5 Å². The molecule has 3 rings (SSSR count). The second-order valence-electron chi connectivity index (χ2n) is 9.42. The summed E-state index contributed by atoms with van der Waals surface area (Å²) in [6, 6.07) is 0. The summed E-state index contributed by atoms with van der Waals surface area (Å²) in [5, 5.41) is 20.5. The minimum atomic E-state index is -0.366. The van der Waals surface area contributed by atoms with Crippen LogP contribution in [0.25, 0.3) is 0 Å². The third-order valence-electron chi connectivity index (χ3n) is 7.73. The molecule has 0 aromatic heterocycles. The van der Waals surface area contributed by atoms with Crippen molar-refractivity contribution in [1.82, 2.24) is 0 Å². The molecule has 0 aromatic rings. The fourth-order valence-electron chi connectivity index (χ4n) is 6.36. The predicted molar refractivity (Wildman–Crippen MR) is 90.8 cm³/mol. The molecule has 0 bridgehead atoms. The molecule has 0 aromatic carbocycles. The molecule has 0 saturated heterocycles. The van der Waals surface area contributed by atoms with Crippen molar-refractivity contribution < 1.29 is 15.0 Å². The molecule has 3 fully saturated rings. The van der Waals surface area contributed by atoms with Crippen LogP contribution in [0.5, 0.6) is 0 Å². The molecule has 130 valence electrons. The highest BCUT2D eigenvalue weighted by Gasteiger charge is 2.61. The van der Waals surface area contributed by atoms with Gasteiger partial charge in [-0.2, -0.15) is 0 Å². The minimum absolute atomic E-state index is 0.0454. The summed E-state index contributed by atoms with van der Waals surface area (Å²) in [6.45, 7) is 10.6. The Balaban J connectivity index is 1.98. The monoisotopic (exact) mass is 320 g/mol. The SMILES string of the molecule is C=C[C@]1(C)CC[C@H]2[C@H](C1)C(=O)C[C@H]1[C@@](C)(CO)C[C@@H](O)C[C@@]21C. The summed E-state index contributed by atoms with van der Waals surface area (Å²) >= 11 is 0. The molecule has 0 radical (unpaired) electrons. The van der Waals surface area contributed by atoms with Crippen LogP contribution in [0.3, 0.4) is 0 Å². The van der Waals surface area contributed by atoms with E-state index in [0.717, 1.165) is 25.7 Å². The van der Waals surface area contributed by atoms with Crippen LogP contribution < -0.4 is 0 Å². The predicted octanol–water partition coefficient (Wildman–Crippen LogP) is 3.34. The zero-order chi connectivity index (χ0) is 17.0. The molecule has 3 nitrogen and oxygen atoms in total. The number of Topliss-reactive ketones (excluding diaryl/α,β-unsaturated/α-hetero) is 1. The Morgan fingerprint density at radius 3 is 2.57 bits per heavy atom. The normalized spacial score (nSPS) is 53.3. The van der Waals surface area contributed by atoms with Gasteiger partial charge in [0, 0.05) is 18.9 Å². The number of carbonyl (C=O) groups excluding carboxylic acids is 1. The largest absolute Gasteiger partial charge is 0.396 e. The second kappa shape index (κ2) is 5.42. The number of rotatable bonds is 2. The number of hydrogen-bond donors (Lipinski definition) is 2. The summed E-state index contributed by atoms with van der Waals surface area (Å²) in [6.07, 6.45) is 6.60. The van der Waals surface area contributed by atoms with Crippen LogP contribution >= 0.6 is 0 Å². The van der Waals surface area contributed by atoms with Gasteiger partial charge in [0.05, 0.1) is 6.10 Å². The van der Waals surface area contributed by atoms with E-state index in [1.807, 2.05) is 6.08 Å². The summed E-state index contributed by atoms with van der Waals surface area (Å²) < 4.78 is 0. The Morgan fingerprint density at radius 1 is 1.26 bits per heavy atom. The molecule has 0 amide bonds. The first-order valence-corrected chi connectivity index (χ1v) is 9.13. The van der Waals surface area contributed by atoms with Crippen LogP contribution in [0.4, 0.5) is 0 Å². The topological polar surface area (TPSA) is 57.5 Å². The molecule has 23 heavy (non-hydrogen) atoms. The smallest absolute Gasteiger partial charge is 0.136 e.